The van der Waals surface area contributed by atoms with E-state index in [4.69, 9.17) is 4.42 Å². The summed E-state index contributed by atoms with van der Waals surface area (Å²) < 4.78 is 4.97. The summed E-state index contributed by atoms with van der Waals surface area (Å²) in [6.07, 6.45) is 7.54. The highest BCUT2D eigenvalue weighted by molar-refractivity contribution is 7.15. The van der Waals surface area contributed by atoms with Crippen LogP contribution in [0.4, 0.5) is 5.13 Å². The van der Waals surface area contributed by atoms with Crippen LogP contribution >= 0.6 is 11.3 Å². The van der Waals surface area contributed by atoms with Crippen LogP contribution in [0.1, 0.15) is 48.0 Å². The number of hydrogen-bond donors (Lipinski definition) is 1. The second kappa shape index (κ2) is 8.24. The van der Waals surface area contributed by atoms with Gasteiger partial charge >= 0.3 is 0 Å². The average molecular weight is 362 g/mol. The Bertz CT molecular complexity index is 713. The van der Waals surface area contributed by atoms with Crippen LogP contribution in [-0.4, -0.2) is 40.0 Å². The highest BCUT2D eigenvalue weighted by Gasteiger charge is 2.29. The molecular formula is C17H22N4O3S. The van der Waals surface area contributed by atoms with E-state index in [0.29, 0.717) is 23.8 Å². The SMILES string of the molecule is CCCCc1nnc(NC(=O)[C@@H]2CCCN(C(=O)c3ccoc3)C2)s1. The zero-order chi connectivity index (χ0) is 17.6. The lowest BCUT2D eigenvalue weighted by Gasteiger charge is -2.31. The number of carbonyl (C=O) groups is 2. The summed E-state index contributed by atoms with van der Waals surface area (Å²) in [6.45, 7) is 3.20. The molecule has 2 amide bonds. The predicted octanol–water partition coefficient (Wildman–Crippen LogP) is 2.96. The molecule has 0 unspecified atom stereocenters. The minimum absolute atomic E-state index is 0.0935. The monoisotopic (exact) mass is 362 g/mol. The van der Waals surface area contributed by atoms with E-state index in [1.54, 1.807) is 11.0 Å². The number of unbranched alkanes of at least 4 members (excludes halogenated alkanes) is 1. The molecule has 134 valence electrons. The van der Waals surface area contributed by atoms with E-state index in [0.717, 1.165) is 37.1 Å². The Morgan fingerprint density at radius 2 is 2.32 bits per heavy atom. The lowest BCUT2D eigenvalue weighted by molar-refractivity contribution is -0.121. The molecule has 1 atom stereocenters. The Morgan fingerprint density at radius 3 is 3.08 bits per heavy atom. The molecule has 1 N–H and O–H groups in total. The summed E-state index contributed by atoms with van der Waals surface area (Å²) in [5.41, 5.74) is 0.519. The third-order valence-electron chi connectivity index (χ3n) is 4.29. The van der Waals surface area contributed by atoms with Crippen LogP contribution < -0.4 is 5.32 Å². The van der Waals surface area contributed by atoms with Crippen LogP contribution in [0.2, 0.25) is 0 Å². The fourth-order valence-electron chi connectivity index (χ4n) is 2.88. The van der Waals surface area contributed by atoms with Gasteiger partial charge in [0.25, 0.3) is 5.91 Å². The fraction of sp³-hybridized carbons (Fsp3) is 0.529. The van der Waals surface area contributed by atoms with Crippen molar-refractivity contribution in [2.45, 2.75) is 39.0 Å². The van der Waals surface area contributed by atoms with Crippen LogP contribution in [0.15, 0.2) is 23.0 Å². The lowest BCUT2D eigenvalue weighted by atomic mass is 9.97. The van der Waals surface area contributed by atoms with Crippen LogP contribution in [-0.2, 0) is 11.2 Å². The first-order valence-corrected chi connectivity index (χ1v) is 9.43. The summed E-state index contributed by atoms with van der Waals surface area (Å²) in [6, 6.07) is 1.64. The van der Waals surface area contributed by atoms with Crippen molar-refractivity contribution in [2.75, 3.05) is 18.4 Å². The molecular weight excluding hydrogens is 340 g/mol. The Kier molecular flexibility index (Phi) is 5.80. The summed E-state index contributed by atoms with van der Waals surface area (Å²) >= 11 is 1.42. The second-order valence-electron chi connectivity index (χ2n) is 6.20. The maximum atomic E-state index is 12.5. The number of nitrogens with zero attached hydrogens (tertiary/aromatic N) is 3. The molecule has 1 fully saturated rings. The summed E-state index contributed by atoms with van der Waals surface area (Å²) in [5, 5.41) is 12.5. The lowest BCUT2D eigenvalue weighted by Crippen LogP contribution is -2.43. The minimum Gasteiger partial charge on any atom is -0.472 e. The first-order valence-electron chi connectivity index (χ1n) is 8.62. The van der Waals surface area contributed by atoms with E-state index in [9.17, 15) is 9.59 Å². The second-order valence-corrected chi connectivity index (χ2v) is 7.26. The van der Waals surface area contributed by atoms with Crippen molar-refractivity contribution in [2.24, 2.45) is 5.92 Å². The minimum atomic E-state index is -0.229. The Morgan fingerprint density at radius 1 is 1.44 bits per heavy atom. The third kappa shape index (κ3) is 4.45. The van der Waals surface area contributed by atoms with Gasteiger partial charge in [0.2, 0.25) is 11.0 Å². The van der Waals surface area contributed by atoms with Crippen molar-refractivity contribution in [3.8, 4) is 0 Å². The Hall–Kier alpha value is -2.22. The van der Waals surface area contributed by atoms with Crippen molar-refractivity contribution >= 4 is 28.3 Å². The van der Waals surface area contributed by atoms with Gasteiger partial charge in [0, 0.05) is 19.5 Å². The maximum absolute atomic E-state index is 12.5. The van der Waals surface area contributed by atoms with Gasteiger partial charge in [0.15, 0.2) is 0 Å². The van der Waals surface area contributed by atoms with E-state index < -0.39 is 0 Å². The molecule has 0 spiro atoms. The van der Waals surface area contributed by atoms with Crippen LogP contribution in [0, 0.1) is 5.92 Å². The number of piperidine rings is 1. The zero-order valence-electron chi connectivity index (χ0n) is 14.2. The molecule has 25 heavy (non-hydrogen) atoms. The van der Waals surface area contributed by atoms with E-state index in [-0.39, 0.29) is 17.7 Å². The van der Waals surface area contributed by atoms with Crippen LogP contribution in [0.25, 0.3) is 0 Å². The number of aryl methyl sites for hydroxylation is 1. The number of nitrogens with one attached hydrogen (secondary N) is 1. The van der Waals surface area contributed by atoms with Gasteiger partial charge in [-0.15, -0.1) is 10.2 Å². The number of aromatic nitrogens is 2. The normalized spacial score (nSPS) is 17.5. The number of likely N-dealkylation sites (tertiary alicyclic amines) is 1. The predicted molar refractivity (Wildman–Crippen MR) is 94.5 cm³/mol. The fourth-order valence-corrected chi connectivity index (χ4v) is 3.67. The quantitative estimate of drug-likeness (QED) is 0.853. The zero-order valence-corrected chi connectivity index (χ0v) is 15.1. The van der Waals surface area contributed by atoms with Crippen LogP contribution in [0.5, 0.6) is 0 Å². The summed E-state index contributed by atoms with van der Waals surface area (Å²) in [7, 11) is 0. The van der Waals surface area contributed by atoms with Gasteiger partial charge in [-0.2, -0.15) is 0 Å². The van der Waals surface area contributed by atoms with Gasteiger partial charge in [-0.3, -0.25) is 9.59 Å². The molecule has 1 aliphatic rings. The smallest absolute Gasteiger partial charge is 0.257 e. The van der Waals surface area contributed by atoms with Gasteiger partial charge in [0.05, 0.1) is 17.7 Å². The van der Waals surface area contributed by atoms with E-state index in [1.807, 2.05) is 0 Å². The molecule has 3 rings (SSSR count). The Balaban J connectivity index is 1.56. The average Bonchev–Trinajstić information content (AvgIpc) is 3.31. The molecule has 0 bridgehead atoms. The standard InChI is InChI=1S/C17H22N4O3S/c1-2-3-6-14-19-20-17(25-14)18-15(22)12-5-4-8-21(10-12)16(23)13-7-9-24-11-13/h7,9,11-12H,2-6,8,10H2,1H3,(H,18,20,22)/t12-/m1/s1. The van der Waals surface area contributed by atoms with E-state index in [1.165, 1.54) is 23.9 Å². The number of anilines is 1. The van der Waals surface area contributed by atoms with Gasteiger partial charge < -0.3 is 14.6 Å². The van der Waals surface area contributed by atoms with Gasteiger partial charge in [-0.05, 0) is 25.3 Å². The molecule has 1 aliphatic heterocycles. The number of carbonyl (C=O) groups excluding carboxylic acids is 2. The maximum Gasteiger partial charge on any atom is 0.257 e. The topological polar surface area (TPSA) is 88.3 Å². The molecule has 0 aliphatic carbocycles. The first kappa shape index (κ1) is 17.6. The van der Waals surface area contributed by atoms with Gasteiger partial charge in [-0.1, -0.05) is 24.7 Å². The molecule has 0 radical (unpaired) electrons. The largest absolute Gasteiger partial charge is 0.472 e. The van der Waals surface area contributed by atoms with Crippen molar-refractivity contribution in [1.82, 2.24) is 15.1 Å². The van der Waals surface area contributed by atoms with Crippen molar-refractivity contribution < 1.29 is 14.0 Å². The molecule has 8 heteroatoms. The molecule has 1 saturated heterocycles. The molecule has 0 saturated carbocycles. The number of furan rings is 1. The van der Waals surface area contributed by atoms with Crippen molar-refractivity contribution in [1.29, 1.82) is 0 Å². The van der Waals surface area contributed by atoms with Gasteiger partial charge in [-0.25, -0.2) is 0 Å². The Labute approximate surface area is 150 Å². The summed E-state index contributed by atoms with van der Waals surface area (Å²) in [5.74, 6) is -0.417. The summed E-state index contributed by atoms with van der Waals surface area (Å²) in [4.78, 5) is 26.6. The molecule has 0 aromatic carbocycles. The molecule has 2 aromatic rings. The number of rotatable bonds is 6. The van der Waals surface area contributed by atoms with E-state index >= 15 is 0 Å². The molecule has 3 heterocycles. The van der Waals surface area contributed by atoms with Crippen molar-refractivity contribution in [3.63, 3.8) is 0 Å². The molecule has 2 aromatic heterocycles. The third-order valence-corrected chi connectivity index (χ3v) is 5.19. The van der Waals surface area contributed by atoms with E-state index in [2.05, 4.69) is 22.4 Å². The number of hydrogen-bond acceptors (Lipinski definition) is 6. The first-order chi connectivity index (χ1) is 12.2. The highest BCUT2D eigenvalue weighted by Crippen LogP contribution is 2.22. The highest BCUT2D eigenvalue weighted by atomic mass is 32.1. The molecule has 7 nitrogen and oxygen atoms in total. The number of amides is 2. The van der Waals surface area contributed by atoms with Gasteiger partial charge in [0.1, 0.15) is 11.3 Å². The van der Waals surface area contributed by atoms with Crippen LogP contribution in [0.3, 0.4) is 0 Å². The van der Waals surface area contributed by atoms with Crippen molar-refractivity contribution in [3.05, 3.63) is 29.2 Å².